The van der Waals surface area contributed by atoms with E-state index in [4.69, 9.17) is 9.47 Å². The van der Waals surface area contributed by atoms with Crippen molar-refractivity contribution in [3.8, 4) is 17.6 Å². The van der Waals surface area contributed by atoms with Crippen LogP contribution in [0.1, 0.15) is 18.1 Å². The molecule has 0 fully saturated rings. The molecule has 3 aromatic rings. The molecule has 0 spiro atoms. The van der Waals surface area contributed by atoms with Crippen LogP contribution in [-0.4, -0.2) is 12.5 Å². The minimum absolute atomic E-state index is 0.00404. The molecule has 0 aliphatic heterocycles. The number of ether oxygens (including phenoxy) is 2. The summed E-state index contributed by atoms with van der Waals surface area (Å²) in [5.41, 5.74) is 2.32. The molecule has 0 saturated heterocycles. The lowest BCUT2D eigenvalue weighted by atomic mass is 10.1. The summed E-state index contributed by atoms with van der Waals surface area (Å²) in [5, 5.41) is 12.3. The van der Waals surface area contributed by atoms with Crippen LogP contribution in [0.25, 0.3) is 6.08 Å². The Hall–Kier alpha value is -2.83. The van der Waals surface area contributed by atoms with Gasteiger partial charge in [0.05, 0.1) is 10.2 Å². The topological polar surface area (TPSA) is 71.3 Å². The fourth-order valence-corrected chi connectivity index (χ4v) is 3.89. The van der Waals surface area contributed by atoms with E-state index in [1.165, 1.54) is 0 Å². The fourth-order valence-electron chi connectivity index (χ4n) is 2.85. The van der Waals surface area contributed by atoms with Gasteiger partial charge in [-0.2, -0.15) is 5.26 Å². The number of nitrogens with zero attached hydrogens (tertiary/aromatic N) is 1. The molecule has 0 aromatic heterocycles. The Balaban J connectivity index is 1.84. The predicted octanol–water partition coefficient (Wildman–Crippen LogP) is 6.58. The number of carbonyl (C=O) groups is 1. The van der Waals surface area contributed by atoms with Crippen LogP contribution in [0, 0.1) is 14.9 Å². The lowest BCUT2D eigenvalue weighted by Crippen LogP contribution is -2.13. The third kappa shape index (κ3) is 6.58. The molecule has 7 heteroatoms. The zero-order valence-corrected chi connectivity index (χ0v) is 21.0. The molecule has 0 unspecified atom stereocenters. The van der Waals surface area contributed by atoms with Gasteiger partial charge in [-0.05, 0) is 83.1 Å². The summed E-state index contributed by atoms with van der Waals surface area (Å²) in [6.45, 7) is 2.74. The number of hydrogen-bond donors (Lipinski definition) is 1. The van der Waals surface area contributed by atoms with Crippen LogP contribution < -0.4 is 14.8 Å². The maximum atomic E-state index is 12.5. The average Bonchev–Trinajstić information content (AvgIpc) is 2.79. The smallest absolute Gasteiger partial charge is 0.266 e. The fraction of sp³-hybridized carbons (Fsp3) is 0.120. The molecule has 0 radical (unpaired) electrons. The van der Waals surface area contributed by atoms with Gasteiger partial charge in [0.25, 0.3) is 5.91 Å². The highest BCUT2D eigenvalue weighted by molar-refractivity contribution is 14.1. The van der Waals surface area contributed by atoms with Crippen LogP contribution in [0.4, 0.5) is 5.69 Å². The molecule has 1 amide bonds. The van der Waals surface area contributed by atoms with Crippen LogP contribution >= 0.6 is 38.5 Å². The second-order valence-electron chi connectivity index (χ2n) is 6.67. The first-order valence-corrected chi connectivity index (χ1v) is 11.7. The predicted molar refractivity (Wildman–Crippen MR) is 137 cm³/mol. The zero-order chi connectivity index (χ0) is 22.9. The molecule has 0 saturated carbocycles. The van der Waals surface area contributed by atoms with Crippen LogP contribution in [-0.2, 0) is 11.4 Å². The second kappa shape index (κ2) is 11.7. The molecule has 162 valence electrons. The third-order valence-corrected chi connectivity index (χ3v) is 5.67. The Labute approximate surface area is 209 Å². The highest BCUT2D eigenvalue weighted by Crippen LogP contribution is 2.35. The molecule has 0 aliphatic rings. The first-order chi connectivity index (χ1) is 15.5. The summed E-state index contributed by atoms with van der Waals surface area (Å²) >= 11 is 5.60. The molecular formula is C25H20BrIN2O3. The van der Waals surface area contributed by atoms with Crippen molar-refractivity contribution < 1.29 is 14.3 Å². The SMILES string of the molecule is CCOc1cc(/C=C(/C#N)C(=O)Nc2ccccc2)cc(I)c1OCc1ccc(Br)cc1. The van der Waals surface area contributed by atoms with E-state index in [1.807, 2.05) is 61.5 Å². The molecular weight excluding hydrogens is 583 g/mol. The van der Waals surface area contributed by atoms with Crippen LogP contribution in [0.15, 0.2) is 76.8 Å². The Morgan fingerprint density at radius 1 is 1.12 bits per heavy atom. The number of carbonyl (C=O) groups excluding carboxylic acids is 1. The van der Waals surface area contributed by atoms with Gasteiger partial charge in [0.1, 0.15) is 18.2 Å². The van der Waals surface area contributed by atoms with Gasteiger partial charge in [-0.25, -0.2) is 0 Å². The van der Waals surface area contributed by atoms with E-state index in [1.54, 1.807) is 24.3 Å². The van der Waals surface area contributed by atoms with E-state index in [2.05, 4.69) is 43.8 Å². The van der Waals surface area contributed by atoms with Gasteiger partial charge < -0.3 is 14.8 Å². The van der Waals surface area contributed by atoms with Gasteiger partial charge in [0, 0.05) is 10.2 Å². The number of hydrogen-bond acceptors (Lipinski definition) is 4. The number of nitrogens with one attached hydrogen (secondary N) is 1. The Morgan fingerprint density at radius 3 is 2.50 bits per heavy atom. The van der Waals surface area contributed by atoms with Crippen molar-refractivity contribution in [3.63, 3.8) is 0 Å². The molecule has 0 bridgehead atoms. The van der Waals surface area contributed by atoms with Crippen molar-refractivity contribution in [2.45, 2.75) is 13.5 Å². The Kier molecular flexibility index (Phi) is 8.71. The molecule has 1 N–H and O–H groups in total. The number of amides is 1. The average molecular weight is 603 g/mol. The molecule has 0 heterocycles. The standard InChI is InChI=1S/C25H20BrIN2O3/c1-2-31-23-14-18(12-19(15-28)25(30)29-21-6-4-3-5-7-21)13-22(27)24(23)32-16-17-8-10-20(26)11-9-17/h3-14H,2,16H2,1H3,(H,29,30)/b19-12-. The maximum absolute atomic E-state index is 12.5. The second-order valence-corrected chi connectivity index (χ2v) is 8.75. The van der Waals surface area contributed by atoms with Gasteiger partial charge >= 0.3 is 0 Å². The van der Waals surface area contributed by atoms with Crippen molar-refractivity contribution in [1.29, 1.82) is 5.26 Å². The number of nitriles is 1. The highest BCUT2D eigenvalue weighted by Gasteiger charge is 2.15. The van der Waals surface area contributed by atoms with Crippen LogP contribution in [0.5, 0.6) is 11.5 Å². The summed E-state index contributed by atoms with van der Waals surface area (Å²) in [5.74, 6) is 0.713. The van der Waals surface area contributed by atoms with Crippen LogP contribution in [0.3, 0.4) is 0 Å². The van der Waals surface area contributed by atoms with Crippen molar-refractivity contribution in [1.82, 2.24) is 0 Å². The van der Waals surface area contributed by atoms with Gasteiger partial charge in [0.15, 0.2) is 11.5 Å². The normalized spacial score (nSPS) is 10.9. The van der Waals surface area contributed by atoms with E-state index in [-0.39, 0.29) is 5.57 Å². The maximum Gasteiger partial charge on any atom is 0.266 e. The first kappa shape index (κ1) is 23.8. The third-order valence-electron chi connectivity index (χ3n) is 4.34. The first-order valence-electron chi connectivity index (χ1n) is 9.82. The minimum Gasteiger partial charge on any atom is -0.490 e. The molecule has 0 atom stereocenters. The van der Waals surface area contributed by atoms with Crippen LogP contribution in [0.2, 0.25) is 0 Å². The summed E-state index contributed by atoms with van der Waals surface area (Å²) in [6.07, 6.45) is 1.54. The lowest BCUT2D eigenvalue weighted by molar-refractivity contribution is -0.112. The van der Waals surface area contributed by atoms with Crippen molar-refractivity contribution in [3.05, 3.63) is 91.5 Å². The number of anilines is 1. The molecule has 5 nitrogen and oxygen atoms in total. The molecule has 32 heavy (non-hydrogen) atoms. The largest absolute Gasteiger partial charge is 0.490 e. The van der Waals surface area contributed by atoms with E-state index < -0.39 is 5.91 Å². The van der Waals surface area contributed by atoms with E-state index in [9.17, 15) is 10.1 Å². The van der Waals surface area contributed by atoms with Crippen molar-refractivity contribution in [2.75, 3.05) is 11.9 Å². The number of halogens is 2. The van der Waals surface area contributed by atoms with Crippen molar-refractivity contribution >= 4 is 56.2 Å². The van der Waals surface area contributed by atoms with Gasteiger partial charge in [0.2, 0.25) is 0 Å². The summed E-state index contributed by atoms with van der Waals surface area (Å²) < 4.78 is 13.7. The number of benzene rings is 3. The van der Waals surface area contributed by atoms with Gasteiger partial charge in [-0.1, -0.05) is 46.3 Å². The monoisotopic (exact) mass is 602 g/mol. The molecule has 3 aromatic carbocycles. The van der Waals surface area contributed by atoms with Gasteiger partial charge in [-0.3, -0.25) is 4.79 Å². The Bertz CT molecular complexity index is 1160. The van der Waals surface area contributed by atoms with E-state index in [0.717, 1.165) is 13.6 Å². The van der Waals surface area contributed by atoms with E-state index in [0.29, 0.717) is 36.0 Å². The summed E-state index contributed by atoms with van der Waals surface area (Å²) in [6, 6.07) is 22.5. The highest BCUT2D eigenvalue weighted by atomic mass is 127. The lowest BCUT2D eigenvalue weighted by Gasteiger charge is -2.15. The van der Waals surface area contributed by atoms with E-state index >= 15 is 0 Å². The van der Waals surface area contributed by atoms with Crippen molar-refractivity contribution in [2.24, 2.45) is 0 Å². The quantitative estimate of drug-likeness (QED) is 0.180. The molecule has 3 rings (SSSR count). The number of para-hydroxylation sites is 1. The summed E-state index contributed by atoms with van der Waals surface area (Å²) in [4.78, 5) is 12.5. The number of rotatable bonds is 8. The minimum atomic E-state index is -0.470. The molecule has 0 aliphatic carbocycles. The zero-order valence-electron chi connectivity index (χ0n) is 17.3. The van der Waals surface area contributed by atoms with Gasteiger partial charge in [-0.15, -0.1) is 0 Å². The Morgan fingerprint density at radius 2 is 1.84 bits per heavy atom. The summed E-state index contributed by atoms with van der Waals surface area (Å²) in [7, 11) is 0.